The molecule has 6 heteroatoms. The fourth-order valence-corrected chi connectivity index (χ4v) is 13.8. The van der Waals surface area contributed by atoms with Gasteiger partial charge in [-0.3, -0.25) is 4.57 Å². The SMILES string of the molecule is CC(C)(C)c1ccc(N(c2ccc(C(C)(C)C)cc2)c2ccc3c(c2)N(c2ccc(C(C)(C)C)cc2-c2ccccc2)c2cc(N(c4ccc(C(C)(C)C)cc4)c4ccc(C(C)(C)C)cc4)cc4c2B3c2cccc3c5c6ccccc6oc5n-4c23)cc1. The Bertz CT molecular complexity index is 4550. The summed E-state index contributed by atoms with van der Waals surface area (Å²) in [6.45, 7) is 34.4. The second kappa shape index (κ2) is 20.3. The highest BCUT2D eigenvalue weighted by Gasteiger charge is 2.44. The average Bonchev–Trinajstić information content (AvgIpc) is 1.32. The van der Waals surface area contributed by atoms with Crippen LogP contribution in [0.15, 0.2) is 223 Å². The van der Waals surface area contributed by atoms with Crippen molar-refractivity contribution in [3.8, 4) is 16.8 Å². The summed E-state index contributed by atoms with van der Waals surface area (Å²) in [5.41, 5.74) is 26.2. The fourth-order valence-electron chi connectivity index (χ4n) is 13.8. The van der Waals surface area contributed by atoms with E-state index in [2.05, 4.69) is 342 Å². The van der Waals surface area contributed by atoms with Crippen molar-refractivity contribution < 1.29 is 4.42 Å². The standard InChI is InChI=1S/C82H81BN4O/c1-78(2,3)53-28-37-58(38-29-53)84(59-39-30-54(31-40-59)79(4,5)6)62-45-46-67-70(49-62)86(69-47-36-57(82(13,14)15)48-66(69)52-22-17-16-18-23-52)71-50-63(85(60-41-32-55(33-42-60)80(7,8)9)61-43-34-56(35-44-61)81(10,11)12)51-72-75(71)83(67)68-26-21-25-65-74-64-24-19-20-27-73(64)88-77(74)87(72)76(65)68/h16-51H,1-15H3. The van der Waals surface area contributed by atoms with E-state index < -0.39 is 0 Å². The second-order valence-electron chi connectivity index (χ2n) is 30.0. The highest BCUT2D eigenvalue weighted by atomic mass is 16.3. The molecule has 0 radical (unpaired) electrons. The van der Waals surface area contributed by atoms with Crippen LogP contribution in [0.4, 0.5) is 51.2 Å². The van der Waals surface area contributed by atoms with Crippen LogP contribution in [0.25, 0.3) is 49.8 Å². The van der Waals surface area contributed by atoms with Gasteiger partial charge in [0.2, 0.25) is 5.71 Å². The molecule has 10 aromatic carbocycles. The third-order valence-electron chi connectivity index (χ3n) is 18.8. The van der Waals surface area contributed by atoms with Crippen molar-refractivity contribution in [2.45, 2.75) is 131 Å². The van der Waals surface area contributed by atoms with Gasteiger partial charge in [0, 0.05) is 61.8 Å². The number of furan rings is 1. The number of rotatable bonds is 8. The van der Waals surface area contributed by atoms with E-state index in [4.69, 9.17) is 4.42 Å². The lowest BCUT2D eigenvalue weighted by atomic mass is 9.33. The Morgan fingerprint density at radius 1 is 0.341 bits per heavy atom. The van der Waals surface area contributed by atoms with Gasteiger partial charge in [0.1, 0.15) is 5.58 Å². The number of hydrogen-bond donors (Lipinski definition) is 0. The zero-order valence-electron chi connectivity index (χ0n) is 54.1. The molecule has 2 aromatic heterocycles. The third-order valence-corrected chi connectivity index (χ3v) is 18.8. The zero-order chi connectivity index (χ0) is 61.6. The molecule has 0 N–H and O–H groups in total. The molecular weight excluding hydrogens is 1070 g/mol. The van der Waals surface area contributed by atoms with Crippen molar-refractivity contribution in [3.63, 3.8) is 0 Å². The molecule has 0 atom stereocenters. The first-order valence-electron chi connectivity index (χ1n) is 31.6. The van der Waals surface area contributed by atoms with Crippen molar-refractivity contribution in [1.82, 2.24) is 4.57 Å². The van der Waals surface area contributed by atoms with E-state index in [1.807, 2.05) is 0 Å². The van der Waals surface area contributed by atoms with Crippen LogP contribution in [-0.2, 0) is 27.1 Å². The van der Waals surface area contributed by atoms with Gasteiger partial charge in [0.25, 0.3) is 6.71 Å². The van der Waals surface area contributed by atoms with Crippen LogP contribution in [0.5, 0.6) is 0 Å². The molecule has 0 amide bonds. The largest absolute Gasteiger partial charge is 0.439 e. The van der Waals surface area contributed by atoms with Gasteiger partial charge < -0.3 is 19.1 Å². The molecule has 2 aliphatic rings. The van der Waals surface area contributed by atoms with Crippen molar-refractivity contribution >= 4 is 107 Å². The highest BCUT2D eigenvalue weighted by molar-refractivity contribution is 7.00. The normalized spacial score (nSPS) is 13.4. The fraction of sp³-hybridized carbons (Fsp3) is 0.244. The molecular formula is C82H81BN4O. The summed E-state index contributed by atoms with van der Waals surface area (Å²) in [4.78, 5) is 7.58. The molecule has 0 unspecified atom stereocenters. The van der Waals surface area contributed by atoms with E-state index >= 15 is 0 Å². The maximum absolute atomic E-state index is 7.20. The number of hydrogen-bond acceptors (Lipinski definition) is 4. The van der Waals surface area contributed by atoms with E-state index in [9.17, 15) is 0 Å². The van der Waals surface area contributed by atoms with Crippen molar-refractivity contribution in [2.24, 2.45) is 0 Å². The summed E-state index contributed by atoms with van der Waals surface area (Å²) in [6, 6.07) is 83.2. The van der Waals surface area contributed by atoms with E-state index in [-0.39, 0.29) is 33.8 Å². The highest BCUT2D eigenvalue weighted by Crippen LogP contribution is 2.51. The number of benzene rings is 10. The lowest BCUT2D eigenvalue weighted by Crippen LogP contribution is -2.60. The number of anilines is 9. The summed E-state index contributed by atoms with van der Waals surface area (Å²) in [7, 11) is 0. The molecule has 0 bridgehead atoms. The van der Waals surface area contributed by atoms with Crippen LogP contribution in [0, 0.1) is 0 Å². The maximum atomic E-state index is 7.20. The van der Waals surface area contributed by atoms with Gasteiger partial charge in [0.15, 0.2) is 0 Å². The van der Waals surface area contributed by atoms with Gasteiger partial charge in [-0.05, 0) is 168 Å². The Labute approximate surface area is 522 Å². The lowest BCUT2D eigenvalue weighted by Gasteiger charge is -2.42. The van der Waals surface area contributed by atoms with Crippen LogP contribution < -0.4 is 31.1 Å². The van der Waals surface area contributed by atoms with Crippen LogP contribution in [0.3, 0.4) is 0 Å². The Morgan fingerprint density at radius 3 is 1.31 bits per heavy atom. The van der Waals surface area contributed by atoms with Crippen LogP contribution in [0.1, 0.15) is 132 Å². The Kier molecular flexibility index (Phi) is 13.1. The van der Waals surface area contributed by atoms with Gasteiger partial charge in [-0.2, -0.15) is 0 Å². The average molecular weight is 1150 g/mol. The summed E-state index contributed by atoms with van der Waals surface area (Å²) in [5.74, 6) is 0. The Morgan fingerprint density at radius 2 is 0.784 bits per heavy atom. The quantitative estimate of drug-likeness (QED) is 0.142. The van der Waals surface area contributed by atoms with Crippen LogP contribution >= 0.6 is 0 Å². The molecule has 4 heterocycles. The lowest BCUT2D eigenvalue weighted by molar-refractivity contribution is 0.590. The number of para-hydroxylation sites is 2. The Balaban J connectivity index is 1.12. The monoisotopic (exact) mass is 1150 g/mol. The molecule has 0 saturated carbocycles. The molecule has 14 rings (SSSR count). The number of nitrogens with zero attached hydrogens (tertiary/aromatic N) is 4. The third kappa shape index (κ3) is 9.53. The molecule has 2 aliphatic heterocycles. The minimum Gasteiger partial charge on any atom is -0.439 e. The van der Waals surface area contributed by atoms with Crippen molar-refractivity contribution in [3.05, 3.63) is 246 Å². The first-order chi connectivity index (χ1) is 41.8. The molecule has 88 heavy (non-hydrogen) atoms. The van der Waals surface area contributed by atoms with E-state index in [0.717, 1.165) is 84.5 Å². The number of fused-ring (bicyclic) bond motifs is 9. The molecule has 12 aromatic rings. The van der Waals surface area contributed by atoms with Crippen LogP contribution in [-0.4, -0.2) is 11.3 Å². The van der Waals surface area contributed by atoms with Gasteiger partial charge in [-0.25, -0.2) is 0 Å². The molecule has 5 nitrogen and oxygen atoms in total. The topological polar surface area (TPSA) is 27.8 Å². The first-order valence-corrected chi connectivity index (χ1v) is 31.6. The van der Waals surface area contributed by atoms with Gasteiger partial charge in [-0.15, -0.1) is 0 Å². The van der Waals surface area contributed by atoms with Crippen molar-refractivity contribution in [1.29, 1.82) is 0 Å². The summed E-state index contributed by atoms with van der Waals surface area (Å²) >= 11 is 0. The van der Waals surface area contributed by atoms with Gasteiger partial charge >= 0.3 is 0 Å². The molecule has 0 aliphatic carbocycles. The first kappa shape index (κ1) is 56.8. The summed E-state index contributed by atoms with van der Waals surface area (Å²) in [6.07, 6.45) is 0. The van der Waals surface area contributed by atoms with Crippen molar-refractivity contribution in [2.75, 3.05) is 14.7 Å². The summed E-state index contributed by atoms with van der Waals surface area (Å²) in [5, 5.41) is 3.45. The van der Waals surface area contributed by atoms with Gasteiger partial charge in [0.05, 0.1) is 22.3 Å². The minimum absolute atomic E-state index is 0.00611. The zero-order valence-corrected chi connectivity index (χ0v) is 54.1. The molecule has 0 fully saturated rings. The predicted octanol–water partition coefficient (Wildman–Crippen LogP) is 21.2. The number of aromatic nitrogens is 1. The van der Waals surface area contributed by atoms with E-state index in [0.29, 0.717) is 0 Å². The summed E-state index contributed by atoms with van der Waals surface area (Å²) < 4.78 is 9.68. The van der Waals surface area contributed by atoms with Crippen LogP contribution in [0.2, 0.25) is 0 Å². The molecule has 0 spiro atoms. The minimum atomic E-state index is -0.147. The van der Waals surface area contributed by atoms with E-state index in [1.165, 1.54) is 60.7 Å². The van der Waals surface area contributed by atoms with Gasteiger partial charge in [-0.1, -0.05) is 231 Å². The second-order valence-corrected chi connectivity index (χ2v) is 30.0. The predicted molar refractivity (Wildman–Crippen MR) is 378 cm³/mol. The molecule has 438 valence electrons. The smallest absolute Gasteiger partial charge is 0.252 e. The van der Waals surface area contributed by atoms with E-state index in [1.54, 1.807) is 0 Å². The Hall–Kier alpha value is -9.00. The molecule has 0 saturated heterocycles. The maximum Gasteiger partial charge on any atom is 0.252 e.